The minimum Gasteiger partial charge on any atom is -0.349 e. The second-order valence-electron chi connectivity index (χ2n) is 2.36. The maximum absolute atomic E-state index is 3.03. The molecule has 10 heavy (non-hydrogen) atoms. The van der Waals surface area contributed by atoms with Crippen LogP contribution in [0.25, 0.3) is 0 Å². The minimum atomic E-state index is 1.04. The van der Waals surface area contributed by atoms with Crippen LogP contribution in [0.15, 0.2) is 0 Å². The fraction of sp³-hybridized carbons (Fsp3) is 0.778. The van der Waals surface area contributed by atoms with Crippen LogP contribution in [0.3, 0.4) is 0 Å². The zero-order valence-corrected chi connectivity index (χ0v) is 7.04. The topological polar surface area (TPSA) is 12.0 Å². The summed E-state index contributed by atoms with van der Waals surface area (Å²) in [6, 6.07) is 2.83. The second kappa shape index (κ2) is 8.36. The molecule has 0 aromatic rings. The zero-order valence-electron chi connectivity index (χ0n) is 7.04. The number of unbranched alkanes of at least 4 members (excludes halogenated alkanes) is 4. The quantitative estimate of drug-likeness (QED) is 0.357. The van der Waals surface area contributed by atoms with Crippen molar-refractivity contribution in [3.8, 4) is 12.0 Å². The van der Waals surface area contributed by atoms with Crippen molar-refractivity contribution in [2.45, 2.75) is 39.0 Å². The Morgan fingerprint density at radius 1 is 1.20 bits per heavy atom. The molecule has 0 fully saturated rings. The third-order valence-electron chi connectivity index (χ3n) is 1.37. The lowest BCUT2D eigenvalue weighted by Crippen LogP contribution is -1.91. The third-order valence-corrected chi connectivity index (χ3v) is 1.37. The Hall–Kier alpha value is -0.640. The van der Waals surface area contributed by atoms with E-state index in [0.29, 0.717) is 0 Å². The molecular formula is C9H17N. The third kappa shape index (κ3) is 7.36. The van der Waals surface area contributed by atoms with Gasteiger partial charge in [-0.25, -0.2) is 0 Å². The highest BCUT2D eigenvalue weighted by Crippen LogP contribution is 2.00. The van der Waals surface area contributed by atoms with Gasteiger partial charge in [-0.15, -0.1) is 0 Å². The van der Waals surface area contributed by atoms with Crippen LogP contribution in [0, 0.1) is 12.0 Å². The number of hydrogen-bond acceptors (Lipinski definition) is 1. The van der Waals surface area contributed by atoms with Gasteiger partial charge in [-0.05, 0) is 6.42 Å². The first-order valence-electron chi connectivity index (χ1n) is 4.06. The molecule has 1 heteroatoms. The van der Waals surface area contributed by atoms with Gasteiger partial charge in [0.25, 0.3) is 0 Å². The summed E-state index contributed by atoms with van der Waals surface area (Å²) in [7, 11) is 1.85. The molecule has 0 saturated heterocycles. The largest absolute Gasteiger partial charge is 0.349 e. The smallest absolute Gasteiger partial charge is 0.0116 e. The molecule has 0 atom stereocenters. The normalized spacial score (nSPS) is 8.20. The fourth-order valence-corrected chi connectivity index (χ4v) is 0.791. The molecule has 0 rings (SSSR count). The summed E-state index contributed by atoms with van der Waals surface area (Å²) in [5.74, 6) is 3.03. The molecule has 0 aromatic carbocycles. The lowest BCUT2D eigenvalue weighted by molar-refractivity contribution is 0.679. The van der Waals surface area contributed by atoms with Crippen LogP contribution >= 0.6 is 0 Å². The molecule has 0 aliphatic rings. The maximum atomic E-state index is 3.03. The number of rotatable bonds is 4. The lowest BCUT2D eigenvalue weighted by Gasteiger charge is -1.91. The maximum Gasteiger partial charge on any atom is 0.0116 e. The van der Waals surface area contributed by atoms with Gasteiger partial charge in [0.15, 0.2) is 0 Å². The minimum absolute atomic E-state index is 1.04. The van der Waals surface area contributed by atoms with Crippen LogP contribution in [0.1, 0.15) is 39.0 Å². The van der Waals surface area contributed by atoms with Crippen LogP contribution in [-0.4, -0.2) is 7.05 Å². The van der Waals surface area contributed by atoms with Crippen molar-refractivity contribution in [3.05, 3.63) is 0 Å². The summed E-state index contributed by atoms with van der Waals surface area (Å²) in [6.45, 7) is 2.22. The molecule has 0 saturated carbocycles. The molecule has 0 heterocycles. The molecule has 0 aliphatic heterocycles. The van der Waals surface area contributed by atoms with Gasteiger partial charge in [0.05, 0.1) is 0 Å². The van der Waals surface area contributed by atoms with Crippen molar-refractivity contribution in [2.24, 2.45) is 0 Å². The average molecular weight is 139 g/mol. The molecule has 58 valence electrons. The van der Waals surface area contributed by atoms with Crippen LogP contribution < -0.4 is 5.32 Å². The molecule has 0 aromatic heterocycles. The van der Waals surface area contributed by atoms with Gasteiger partial charge in [-0.1, -0.05) is 32.1 Å². The van der Waals surface area contributed by atoms with E-state index in [1.54, 1.807) is 0 Å². The Labute approximate surface area is 64.2 Å². The summed E-state index contributed by atoms with van der Waals surface area (Å²) < 4.78 is 0. The van der Waals surface area contributed by atoms with Crippen molar-refractivity contribution < 1.29 is 0 Å². The Balaban J connectivity index is 2.90. The van der Waals surface area contributed by atoms with Gasteiger partial charge >= 0.3 is 0 Å². The van der Waals surface area contributed by atoms with Crippen molar-refractivity contribution in [1.82, 2.24) is 5.32 Å². The van der Waals surface area contributed by atoms with Crippen molar-refractivity contribution in [1.29, 1.82) is 0 Å². The number of nitrogens with one attached hydrogen (secondary N) is 1. The fourth-order valence-electron chi connectivity index (χ4n) is 0.791. The van der Waals surface area contributed by atoms with E-state index in [-0.39, 0.29) is 0 Å². The predicted octanol–water partition coefficient (Wildman–Crippen LogP) is 2.14. The molecule has 0 spiro atoms. The van der Waals surface area contributed by atoms with E-state index < -0.39 is 0 Å². The summed E-state index contributed by atoms with van der Waals surface area (Å²) in [6.07, 6.45) is 6.28. The molecule has 0 aliphatic carbocycles. The second-order valence-corrected chi connectivity index (χ2v) is 2.36. The zero-order chi connectivity index (χ0) is 7.66. The summed E-state index contributed by atoms with van der Waals surface area (Å²) in [5, 5.41) is 2.80. The molecule has 1 nitrogen and oxygen atoms in total. The highest BCUT2D eigenvalue weighted by Gasteiger charge is 1.82. The van der Waals surface area contributed by atoms with E-state index >= 15 is 0 Å². The molecule has 0 radical (unpaired) electrons. The molecular weight excluding hydrogens is 122 g/mol. The predicted molar refractivity (Wildman–Crippen MR) is 45.6 cm³/mol. The van der Waals surface area contributed by atoms with Crippen LogP contribution in [0.2, 0.25) is 0 Å². The van der Waals surface area contributed by atoms with Crippen molar-refractivity contribution >= 4 is 0 Å². The van der Waals surface area contributed by atoms with Crippen molar-refractivity contribution in [3.63, 3.8) is 0 Å². The summed E-state index contributed by atoms with van der Waals surface area (Å²) >= 11 is 0. The Kier molecular flexibility index (Phi) is 7.82. The number of hydrogen-bond donors (Lipinski definition) is 1. The highest BCUT2D eigenvalue weighted by molar-refractivity contribution is 4.95. The van der Waals surface area contributed by atoms with Gasteiger partial charge in [-0.2, -0.15) is 0 Å². The van der Waals surface area contributed by atoms with E-state index in [1.165, 1.54) is 25.7 Å². The Morgan fingerprint density at radius 2 is 2.00 bits per heavy atom. The van der Waals surface area contributed by atoms with E-state index in [1.807, 2.05) is 7.05 Å². The first-order chi connectivity index (χ1) is 4.91. The molecule has 0 amide bonds. The first kappa shape index (κ1) is 9.36. The first-order valence-corrected chi connectivity index (χ1v) is 4.06. The van der Waals surface area contributed by atoms with Gasteiger partial charge in [0.2, 0.25) is 0 Å². The van der Waals surface area contributed by atoms with Gasteiger partial charge < -0.3 is 5.32 Å². The Bertz CT molecular complexity index is 108. The SMILES string of the molecule is CCCCCCC#CNC. The molecule has 1 N–H and O–H groups in total. The highest BCUT2D eigenvalue weighted by atomic mass is 14.8. The van der Waals surface area contributed by atoms with Gasteiger partial charge in [0.1, 0.15) is 0 Å². The van der Waals surface area contributed by atoms with Crippen LogP contribution in [-0.2, 0) is 0 Å². The van der Waals surface area contributed by atoms with Crippen molar-refractivity contribution in [2.75, 3.05) is 7.05 Å². The Morgan fingerprint density at radius 3 is 2.60 bits per heavy atom. The van der Waals surface area contributed by atoms with E-state index in [4.69, 9.17) is 0 Å². The summed E-state index contributed by atoms with van der Waals surface area (Å²) in [5.41, 5.74) is 0. The standard InChI is InChI=1S/C9H17N/c1-3-4-5-6-7-8-9-10-2/h10H,3-7H2,1-2H3. The van der Waals surface area contributed by atoms with E-state index in [0.717, 1.165) is 6.42 Å². The average Bonchev–Trinajstić information content (AvgIpc) is 1.97. The van der Waals surface area contributed by atoms with Gasteiger partial charge in [-0.3, -0.25) is 0 Å². The van der Waals surface area contributed by atoms with Crippen LogP contribution in [0.4, 0.5) is 0 Å². The van der Waals surface area contributed by atoms with E-state index in [9.17, 15) is 0 Å². The summed E-state index contributed by atoms with van der Waals surface area (Å²) in [4.78, 5) is 0. The molecule has 0 unspecified atom stereocenters. The van der Waals surface area contributed by atoms with Gasteiger partial charge in [0, 0.05) is 19.5 Å². The lowest BCUT2D eigenvalue weighted by atomic mass is 10.2. The van der Waals surface area contributed by atoms with E-state index in [2.05, 4.69) is 24.2 Å². The monoisotopic (exact) mass is 139 g/mol. The molecule has 0 bridgehead atoms. The van der Waals surface area contributed by atoms with Crippen LogP contribution in [0.5, 0.6) is 0 Å².